The predicted octanol–water partition coefficient (Wildman–Crippen LogP) is 3.74. The van der Waals surface area contributed by atoms with Gasteiger partial charge in [-0.1, -0.05) is 39.2 Å². The van der Waals surface area contributed by atoms with Gasteiger partial charge in [0.05, 0.1) is 0 Å². The Kier molecular flexibility index (Phi) is 4.98. The van der Waals surface area contributed by atoms with E-state index in [1.807, 2.05) is 6.20 Å². The number of hydrogen-bond donors (Lipinski definition) is 1. The average Bonchev–Trinajstić information content (AvgIpc) is 2.46. The lowest BCUT2D eigenvalue weighted by atomic mass is 9.69. The van der Waals surface area contributed by atoms with Crippen molar-refractivity contribution in [3.8, 4) is 0 Å². The van der Waals surface area contributed by atoms with E-state index < -0.39 is 0 Å². The molecule has 2 rings (SSSR count). The molecule has 1 aromatic heterocycles. The summed E-state index contributed by atoms with van der Waals surface area (Å²) >= 11 is 0. The summed E-state index contributed by atoms with van der Waals surface area (Å²) in [6.45, 7) is 4.63. The number of aryl methyl sites for hydroxylation is 1. The highest BCUT2D eigenvalue weighted by atomic mass is 14.9. The molecule has 1 unspecified atom stereocenters. The van der Waals surface area contributed by atoms with Crippen LogP contribution in [-0.2, 0) is 12.8 Å². The van der Waals surface area contributed by atoms with Gasteiger partial charge in [-0.3, -0.25) is 4.98 Å². The van der Waals surface area contributed by atoms with Gasteiger partial charge in [0.15, 0.2) is 0 Å². The maximum atomic E-state index is 4.62. The summed E-state index contributed by atoms with van der Waals surface area (Å²) in [5.41, 5.74) is 3.00. The second-order valence-electron chi connectivity index (χ2n) is 6.27. The summed E-state index contributed by atoms with van der Waals surface area (Å²) in [7, 11) is 2.10. The van der Waals surface area contributed by atoms with Crippen LogP contribution in [0.25, 0.3) is 0 Å². The van der Waals surface area contributed by atoms with E-state index in [1.165, 1.54) is 43.4 Å². The summed E-state index contributed by atoms with van der Waals surface area (Å²) in [6.07, 6.45) is 11.0. The molecule has 1 aliphatic rings. The van der Waals surface area contributed by atoms with Crippen molar-refractivity contribution in [1.29, 1.82) is 0 Å². The second kappa shape index (κ2) is 6.51. The number of rotatable bonds is 5. The van der Waals surface area contributed by atoms with E-state index in [4.69, 9.17) is 0 Å². The average molecular weight is 260 g/mol. The van der Waals surface area contributed by atoms with Crippen LogP contribution in [0.4, 0.5) is 0 Å². The minimum Gasteiger partial charge on any atom is -0.316 e. The third kappa shape index (κ3) is 3.56. The van der Waals surface area contributed by atoms with Gasteiger partial charge in [-0.15, -0.1) is 0 Å². The van der Waals surface area contributed by atoms with Crippen molar-refractivity contribution in [2.75, 3.05) is 7.05 Å². The van der Waals surface area contributed by atoms with Gasteiger partial charge in [-0.05, 0) is 43.4 Å². The zero-order valence-electron chi connectivity index (χ0n) is 12.7. The lowest BCUT2D eigenvalue weighted by Gasteiger charge is -2.40. The number of nitrogens with zero attached hydrogens (tertiary/aromatic N) is 1. The van der Waals surface area contributed by atoms with E-state index in [9.17, 15) is 0 Å². The third-order valence-electron chi connectivity index (χ3n) is 4.89. The first-order chi connectivity index (χ1) is 9.18. The maximum Gasteiger partial charge on any atom is 0.0419 e. The molecule has 2 heteroatoms. The molecule has 1 N–H and O–H groups in total. The lowest BCUT2D eigenvalue weighted by Crippen LogP contribution is -2.44. The third-order valence-corrected chi connectivity index (χ3v) is 4.89. The van der Waals surface area contributed by atoms with Gasteiger partial charge in [-0.2, -0.15) is 0 Å². The highest BCUT2D eigenvalue weighted by Gasteiger charge is 2.34. The van der Waals surface area contributed by atoms with Gasteiger partial charge in [-0.25, -0.2) is 0 Å². The lowest BCUT2D eigenvalue weighted by molar-refractivity contribution is 0.148. The van der Waals surface area contributed by atoms with Crippen LogP contribution in [0.2, 0.25) is 0 Å². The molecule has 1 aliphatic carbocycles. The fraction of sp³-hybridized carbons (Fsp3) is 0.706. The molecule has 106 valence electrons. The van der Waals surface area contributed by atoms with E-state index >= 15 is 0 Å². The normalized spacial score (nSPS) is 20.2. The van der Waals surface area contributed by atoms with Crippen molar-refractivity contribution in [2.45, 2.75) is 64.8 Å². The molecule has 1 saturated carbocycles. The molecule has 1 aromatic rings. The maximum absolute atomic E-state index is 4.62. The van der Waals surface area contributed by atoms with E-state index in [0.29, 0.717) is 11.5 Å². The van der Waals surface area contributed by atoms with Crippen LogP contribution in [0.1, 0.15) is 57.2 Å². The van der Waals surface area contributed by atoms with Crippen LogP contribution in [0, 0.1) is 5.41 Å². The molecule has 1 fully saturated rings. The summed E-state index contributed by atoms with van der Waals surface area (Å²) in [5, 5.41) is 3.55. The van der Waals surface area contributed by atoms with Gasteiger partial charge in [0.25, 0.3) is 0 Å². The van der Waals surface area contributed by atoms with Crippen LogP contribution < -0.4 is 5.32 Å². The van der Waals surface area contributed by atoms with Crippen LogP contribution in [0.15, 0.2) is 18.3 Å². The number of hydrogen-bond acceptors (Lipinski definition) is 2. The Morgan fingerprint density at radius 1 is 1.26 bits per heavy atom. The zero-order valence-corrected chi connectivity index (χ0v) is 12.7. The number of aromatic nitrogens is 1. The molecule has 1 atom stereocenters. The summed E-state index contributed by atoms with van der Waals surface area (Å²) < 4.78 is 0. The standard InChI is InChI=1S/C17H28N2/c1-4-14-8-9-15(19-13-14)12-16(18-3)17(2)10-6-5-7-11-17/h8-9,13,16,18H,4-7,10-12H2,1-3H3. The molecule has 1 heterocycles. The van der Waals surface area contributed by atoms with Gasteiger partial charge in [0, 0.05) is 24.4 Å². The molecule has 0 aromatic carbocycles. The first-order valence-corrected chi connectivity index (χ1v) is 7.79. The van der Waals surface area contributed by atoms with Crippen molar-refractivity contribution in [1.82, 2.24) is 10.3 Å². The van der Waals surface area contributed by atoms with Gasteiger partial charge < -0.3 is 5.32 Å². The Bertz CT molecular complexity index is 377. The smallest absolute Gasteiger partial charge is 0.0419 e. The first-order valence-electron chi connectivity index (χ1n) is 7.79. The Morgan fingerprint density at radius 2 is 2.00 bits per heavy atom. The monoisotopic (exact) mass is 260 g/mol. The molecule has 0 radical (unpaired) electrons. The molecular weight excluding hydrogens is 232 g/mol. The molecular formula is C17H28N2. The van der Waals surface area contributed by atoms with Gasteiger partial charge in [0.2, 0.25) is 0 Å². The van der Waals surface area contributed by atoms with Crippen molar-refractivity contribution in [3.05, 3.63) is 29.6 Å². The number of likely N-dealkylation sites (N-methyl/N-ethyl adjacent to an activating group) is 1. The Hall–Kier alpha value is -0.890. The summed E-state index contributed by atoms with van der Waals surface area (Å²) in [6, 6.07) is 4.97. The van der Waals surface area contributed by atoms with E-state index in [-0.39, 0.29) is 0 Å². The summed E-state index contributed by atoms with van der Waals surface area (Å²) in [5.74, 6) is 0. The van der Waals surface area contributed by atoms with Crippen molar-refractivity contribution in [2.24, 2.45) is 5.41 Å². The molecule has 0 aliphatic heterocycles. The minimum atomic E-state index is 0.443. The summed E-state index contributed by atoms with van der Waals surface area (Å²) in [4.78, 5) is 4.62. The van der Waals surface area contributed by atoms with Crippen molar-refractivity contribution in [3.63, 3.8) is 0 Å². The fourth-order valence-corrected chi connectivity index (χ4v) is 3.40. The highest BCUT2D eigenvalue weighted by molar-refractivity contribution is 5.15. The fourth-order valence-electron chi connectivity index (χ4n) is 3.40. The van der Waals surface area contributed by atoms with E-state index in [1.54, 1.807) is 0 Å². The van der Waals surface area contributed by atoms with E-state index in [0.717, 1.165) is 12.8 Å². The Morgan fingerprint density at radius 3 is 2.53 bits per heavy atom. The van der Waals surface area contributed by atoms with Crippen molar-refractivity contribution < 1.29 is 0 Å². The Balaban J connectivity index is 2.04. The number of pyridine rings is 1. The van der Waals surface area contributed by atoms with Crippen LogP contribution in [-0.4, -0.2) is 18.1 Å². The topological polar surface area (TPSA) is 24.9 Å². The largest absolute Gasteiger partial charge is 0.316 e. The quantitative estimate of drug-likeness (QED) is 0.872. The van der Waals surface area contributed by atoms with Crippen LogP contribution in [0.3, 0.4) is 0 Å². The molecule has 0 saturated heterocycles. The molecule has 0 bridgehead atoms. The van der Waals surface area contributed by atoms with E-state index in [2.05, 4.69) is 43.3 Å². The SMILES string of the molecule is CCc1ccc(CC(NC)C2(C)CCCCC2)nc1. The first kappa shape index (κ1) is 14.5. The minimum absolute atomic E-state index is 0.443. The molecule has 19 heavy (non-hydrogen) atoms. The highest BCUT2D eigenvalue weighted by Crippen LogP contribution is 2.39. The zero-order chi connectivity index (χ0) is 13.7. The molecule has 0 spiro atoms. The Labute approximate surface area is 118 Å². The van der Waals surface area contributed by atoms with Crippen molar-refractivity contribution >= 4 is 0 Å². The molecule has 0 amide bonds. The van der Waals surface area contributed by atoms with Crippen LogP contribution in [0.5, 0.6) is 0 Å². The molecule has 2 nitrogen and oxygen atoms in total. The number of nitrogens with one attached hydrogen (secondary N) is 1. The second-order valence-corrected chi connectivity index (χ2v) is 6.27. The predicted molar refractivity (Wildman–Crippen MR) is 81.4 cm³/mol. The van der Waals surface area contributed by atoms with Gasteiger partial charge in [0.1, 0.15) is 0 Å². The van der Waals surface area contributed by atoms with Gasteiger partial charge >= 0.3 is 0 Å². The van der Waals surface area contributed by atoms with Crippen LogP contribution >= 0.6 is 0 Å².